The molecule has 178 valence electrons. The standard InChI is InChI=1S/C24H30N2O6S/c1-3-31-24(28)21-10-11-22(32-21)33(29,30)25-14-12-19(13-15-25)23(27)26(20-8-9-20)16-18-6-4-17(2)5-7-18/h4-7,10-11,19-20H,3,8-9,12-16H2,1-2H3. The molecule has 0 unspecified atom stereocenters. The van der Waals surface area contributed by atoms with E-state index in [9.17, 15) is 18.0 Å². The second kappa shape index (κ2) is 9.69. The van der Waals surface area contributed by atoms with Gasteiger partial charge in [0.2, 0.25) is 16.8 Å². The summed E-state index contributed by atoms with van der Waals surface area (Å²) in [6, 6.07) is 11.1. The number of carbonyl (C=O) groups excluding carboxylic acids is 2. The van der Waals surface area contributed by atoms with Crippen LogP contribution < -0.4 is 0 Å². The molecule has 4 rings (SSSR count). The van der Waals surface area contributed by atoms with Crippen molar-refractivity contribution < 1.29 is 27.2 Å². The molecule has 1 saturated heterocycles. The van der Waals surface area contributed by atoms with Gasteiger partial charge in [0, 0.05) is 31.6 Å². The van der Waals surface area contributed by atoms with Crippen LogP contribution in [-0.2, 0) is 26.1 Å². The number of rotatable bonds is 8. The predicted octanol–water partition coefficient (Wildman–Crippen LogP) is 3.36. The SMILES string of the molecule is CCOC(=O)c1ccc(S(=O)(=O)N2CCC(C(=O)N(Cc3ccc(C)cc3)C3CC3)CC2)o1. The number of benzene rings is 1. The van der Waals surface area contributed by atoms with Crippen LogP contribution in [0.15, 0.2) is 45.9 Å². The van der Waals surface area contributed by atoms with E-state index in [1.807, 2.05) is 11.8 Å². The molecule has 1 aliphatic carbocycles. The summed E-state index contributed by atoms with van der Waals surface area (Å²) < 4.78 is 37.4. The molecule has 1 aromatic heterocycles. The summed E-state index contributed by atoms with van der Waals surface area (Å²) >= 11 is 0. The molecule has 2 fully saturated rings. The molecule has 0 radical (unpaired) electrons. The summed E-state index contributed by atoms with van der Waals surface area (Å²) in [5.41, 5.74) is 2.29. The number of amides is 1. The number of hydrogen-bond acceptors (Lipinski definition) is 6. The van der Waals surface area contributed by atoms with Gasteiger partial charge in [0.05, 0.1) is 6.61 Å². The lowest BCUT2D eigenvalue weighted by atomic mass is 9.96. The molecule has 1 amide bonds. The molecule has 1 saturated carbocycles. The summed E-state index contributed by atoms with van der Waals surface area (Å²) in [5.74, 6) is -0.930. The Morgan fingerprint density at radius 1 is 1.06 bits per heavy atom. The first-order valence-electron chi connectivity index (χ1n) is 11.4. The lowest BCUT2D eigenvalue weighted by Crippen LogP contribution is -2.44. The van der Waals surface area contributed by atoms with Gasteiger partial charge in [-0.25, -0.2) is 13.2 Å². The van der Waals surface area contributed by atoms with Crippen molar-refractivity contribution in [2.45, 2.75) is 57.2 Å². The summed E-state index contributed by atoms with van der Waals surface area (Å²) in [5, 5.41) is -0.283. The maximum absolute atomic E-state index is 13.3. The van der Waals surface area contributed by atoms with Crippen molar-refractivity contribution in [3.05, 3.63) is 53.3 Å². The van der Waals surface area contributed by atoms with E-state index in [1.165, 1.54) is 22.0 Å². The molecule has 9 heteroatoms. The fourth-order valence-corrected chi connectivity index (χ4v) is 5.52. The third-order valence-corrected chi connectivity index (χ3v) is 7.97. The first-order valence-corrected chi connectivity index (χ1v) is 12.9. The molecule has 1 aliphatic heterocycles. The van der Waals surface area contributed by atoms with Crippen LogP contribution in [0.3, 0.4) is 0 Å². The minimum Gasteiger partial charge on any atom is -0.460 e. The van der Waals surface area contributed by atoms with Crippen LogP contribution in [0.5, 0.6) is 0 Å². The molecular formula is C24H30N2O6S. The van der Waals surface area contributed by atoms with Gasteiger partial charge in [-0.1, -0.05) is 29.8 Å². The first kappa shape index (κ1) is 23.5. The van der Waals surface area contributed by atoms with E-state index in [-0.39, 0.29) is 48.4 Å². The fourth-order valence-electron chi connectivity index (χ4n) is 4.14. The highest BCUT2D eigenvalue weighted by molar-refractivity contribution is 7.89. The van der Waals surface area contributed by atoms with Crippen LogP contribution in [0.2, 0.25) is 0 Å². The van der Waals surface area contributed by atoms with Crippen molar-refractivity contribution in [1.29, 1.82) is 0 Å². The van der Waals surface area contributed by atoms with E-state index in [1.54, 1.807) is 6.92 Å². The van der Waals surface area contributed by atoms with Crippen molar-refractivity contribution in [1.82, 2.24) is 9.21 Å². The minimum absolute atomic E-state index is 0.109. The first-order chi connectivity index (χ1) is 15.8. The Hall–Kier alpha value is -2.65. The summed E-state index contributed by atoms with van der Waals surface area (Å²) in [7, 11) is -3.88. The second-order valence-electron chi connectivity index (χ2n) is 8.70. The van der Waals surface area contributed by atoms with Gasteiger partial charge in [0.25, 0.3) is 10.0 Å². The zero-order valence-corrected chi connectivity index (χ0v) is 19.8. The fraction of sp³-hybridized carbons (Fsp3) is 0.500. The number of esters is 1. The zero-order chi connectivity index (χ0) is 23.6. The Morgan fingerprint density at radius 3 is 2.33 bits per heavy atom. The summed E-state index contributed by atoms with van der Waals surface area (Å²) in [6.07, 6.45) is 2.96. The number of ether oxygens (including phenoxy) is 1. The second-order valence-corrected chi connectivity index (χ2v) is 10.6. The zero-order valence-electron chi connectivity index (χ0n) is 19.0. The highest BCUT2D eigenvalue weighted by atomic mass is 32.2. The number of sulfonamides is 1. The molecule has 1 aromatic carbocycles. The average Bonchev–Trinajstić information content (AvgIpc) is 3.52. The molecule has 33 heavy (non-hydrogen) atoms. The van der Waals surface area contributed by atoms with E-state index in [4.69, 9.17) is 9.15 Å². The van der Waals surface area contributed by atoms with Gasteiger partial charge >= 0.3 is 5.97 Å². The molecule has 8 nitrogen and oxygen atoms in total. The van der Waals surface area contributed by atoms with E-state index in [0.717, 1.165) is 18.4 Å². The quantitative estimate of drug-likeness (QED) is 0.544. The highest BCUT2D eigenvalue weighted by Crippen LogP contribution is 2.33. The van der Waals surface area contributed by atoms with E-state index < -0.39 is 16.0 Å². The molecule has 2 aromatic rings. The number of hydrogen-bond donors (Lipinski definition) is 0. The number of nitrogens with zero attached hydrogens (tertiary/aromatic N) is 2. The van der Waals surface area contributed by atoms with Gasteiger partial charge in [-0.3, -0.25) is 4.79 Å². The van der Waals surface area contributed by atoms with E-state index in [0.29, 0.717) is 19.4 Å². The number of furan rings is 1. The van der Waals surface area contributed by atoms with Crippen molar-refractivity contribution in [3.63, 3.8) is 0 Å². The molecule has 0 atom stereocenters. The third-order valence-electron chi connectivity index (χ3n) is 6.20. The summed E-state index contributed by atoms with van der Waals surface area (Å²) in [4.78, 5) is 27.1. The Morgan fingerprint density at radius 2 is 1.73 bits per heavy atom. The molecule has 2 heterocycles. The van der Waals surface area contributed by atoms with Gasteiger partial charge in [0.15, 0.2) is 0 Å². The monoisotopic (exact) mass is 474 g/mol. The number of piperidine rings is 1. The Bertz CT molecular complexity index is 1100. The van der Waals surface area contributed by atoms with Crippen LogP contribution in [0, 0.1) is 12.8 Å². The Kier molecular flexibility index (Phi) is 6.90. The van der Waals surface area contributed by atoms with Crippen LogP contribution in [0.4, 0.5) is 0 Å². The number of aryl methyl sites for hydroxylation is 1. The minimum atomic E-state index is -3.88. The smallest absolute Gasteiger partial charge is 0.374 e. The van der Waals surface area contributed by atoms with Crippen molar-refractivity contribution in [2.75, 3.05) is 19.7 Å². The van der Waals surface area contributed by atoms with Crippen LogP contribution in [0.25, 0.3) is 0 Å². The highest BCUT2D eigenvalue weighted by Gasteiger charge is 2.39. The van der Waals surface area contributed by atoms with Gasteiger partial charge < -0.3 is 14.1 Å². The normalized spacial score (nSPS) is 17.6. The lowest BCUT2D eigenvalue weighted by molar-refractivity contribution is -0.138. The van der Waals surface area contributed by atoms with Crippen molar-refractivity contribution in [3.8, 4) is 0 Å². The predicted molar refractivity (Wildman–Crippen MR) is 121 cm³/mol. The van der Waals surface area contributed by atoms with Crippen molar-refractivity contribution >= 4 is 21.9 Å². The Balaban J connectivity index is 1.38. The molecule has 0 bridgehead atoms. The van der Waals surface area contributed by atoms with E-state index in [2.05, 4.69) is 24.3 Å². The van der Waals surface area contributed by atoms with Crippen LogP contribution in [-0.4, -0.2) is 55.2 Å². The van der Waals surface area contributed by atoms with Gasteiger partial charge in [-0.05, 0) is 57.2 Å². The average molecular weight is 475 g/mol. The Labute approximate surface area is 194 Å². The maximum atomic E-state index is 13.3. The van der Waals surface area contributed by atoms with Gasteiger partial charge in [0.1, 0.15) is 0 Å². The summed E-state index contributed by atoms with van der Waals surface area (Å²) in [6.45, 7) is 4.93. The largest absolute Gasteiger partial charge is 0.460 e. The lowest BCUT2D eigenvalue weighted by Gasteiger charge is -2.33. The molecule has 0 spiro atoms. The van der Waals surface area contributed by atoms with Gasteiger partial charge in [-0.15, -0.1) is 0 Å². The van der Waals surface area contributed by atoms with Gasteiger partial charge in [-0.2, -0.15) is 4.31 Å². The third kappa shape index (κ3) is 5.30. The van der Waals surface area contributed by atoms with Crippen LogP contribution in [0.1, 0.15) is 54.3 Å². The molecule has 2 aliphatic rings. The maximum Gasteiger partial charge on any atom is 0.374 e. The number of carbonyl (C=O) groups is 2. The van der Waals surface area contributed by atoms with Crippen LogP contribution >= 0.6 is 0 Å². The van der Waals surface area contributed by atoms with Crippen molar-refractivity contribution in [2.24, 2.45) is 5.92 Å². The van der Waals surface area contributed by atoms with E-state index >= 15 is 0 Å². The molecule has 0 N–H and O–H groups in total. The topological polar surface area (TPSA) is 97.1 Å². The molecular weight excluding hydrogens is 444 g/mol.